The van der Waals surface area contributed by atoms with Crippen molar-refractivity contribution in [1.82, 2.24) is 0 Å². The van der Waals surface area contributed by atoms with Gasteiger partial charge in [-0.2, -0.15) is 0 Å². The average molecular weight is 310 g/mol. The summed E-state index contributed by atoms with van der Waals surface area (Å²) in [5.41, 5.74) is 14.5. The number of nitrogens with two attached hydrogens (primary N) is 1. The van der Waals surface area contributed by atoms with Crippen molar-refractivity contribution in [2.45, 2.75) is 36.6 Å². The highest BCUT2D eigenvalue weighted by molar-refractivity contribution is 7.92. The molecule has 0 amide bonds. The van der Waals surface area contributed by atoms with Crippen LogP contribution in [-0.2, 0) is 14.6 Å². The first-order valence-corrected chi connectivity index (χ1v) is 7.88. The van der Waals surface area contributed by atoms with Gasteiger partial charge in [0.05, 0.1) is 4.90 Å². The van der Waals surface area contributed by atoms with E-state index in [1.807, 2.05) is 0 Å². The van der Waals surface area contributed by atoms with Gasteiger partial charge in [0.2, 0.25) is 14.8 Å². The lowest BCUT2D eigenvalue weighted by Gasteiger charge is -2.25. The van der Waals surface area contributed by atoms with Crippen molar-refractivity contribution >= 4 is 15.6 Å². The maximum Gasteiger partial charge on any atom is 0.202 e. The van der Waals surface area contributed by atoms with Gasteiger partial charge in [-0.25, -0.2) is 8.42 Å². The average Bonchev–Trinajstić information content (AvgIpc) is 2.45. The monoisotopic (exact) mass is 310 g/mol. The van der Waals surface area contributed by atoms with Gasteiger partial charge < -0.3 is 5.73 Å². The van der Waals surface area contributed by atoms with Crippen LogP contribution >= 0.6 is 0 Å². The highest BCUT2D eigenvalue weighted by atomic mass is 32.2. The maximum atomic E-state index is 12.6. The molecule has 0 aliphatic rings. The molecule has 0 radical (unpaired) electrons. The Morgan fingerprint density at radius 1 is 1.43 bits per heavy atom. The van der Waals surface area contributed by atoms with Crippen LogP contribution in [0.25, 0.3) is 10.4 Å². The second-order valence-electron chi connectivity index (χ2n) is 4.90. The number of hydrogen-bond donors (Lipinski definition) is 1. The zero-order valence-electron chi connectivity index (χ0n) is 11.9. The van der Waals surface area contributed by atoms with Gasteiger partial charge in [-0.3, -0.25) is 4.79 Å². The van der Waals surface area contributed by atoms with Crippen molar-refractivity contribution in [3.05, 3.63) is 40.8 Å². The number of rotatable bonds is 7. The van der Waals surface area contributed by atoms with Gasteiger partial charge in [-0.05, 0) is 37.4 Å². The van der Waals surface area contributed by atoms with E-state index >= 15 is 0 Å². The molecule has 0 fully saturated rings. The molecule has 0 heterocycles. The molecule has 2 atom stereocenters. The van der Waals surface area contributed by atoms with Crippen LogP contribution in [0.2, 0.25) is 0 Å². The van der Waals surface area contributed by atoms with Crippen LogP contribution in [-0.4, -0.2) is 19.2 Å². The molecular formula is C13H18N4O3S. The number of nitrogens with zero attached hydrogens (tertiary/aromatic N) is 3. The highest BCUT2D eigenvalue weighted by Crippen LogP contribution is 2.28. The SMILES string of the molecule is CC(=O)C(C)CCC(N)(N=[N+]=[N-])S(=O)(=O)c1ccccc1. The van der Waals surface area contributed by atoms with E-state index in [-0.39, 0.29) is 29.4 Å². The van der Waals surface area contributed by atoms with Gasteiger partial charge in [0.1, 0.15) is 5.78 Å². The zero-order valence-corrected chi connectivity index (χ0v) is 12.7. The van der Waals surface area contributed by atoms with Gasteiger partial charge in [0.15, 0.2) is 0 Å². The number of hydrogen-bond acceptors (Lipinski definition) is 5. The Kier molecular flexibility index (Phi) is 5.48. The van der Waals surface area contributed by atoms with Crippen LogP contribution in [0, 0.1) is 5.92 Å². The van der Waals surface area contributed by atoms with E-state index in [9.17, 15) is 13.2 Å². The van der Waals surface area contributed by atoms with Crippen molar-refractivity contribution in [2.24, 2.45) is 16.8 Å². The normalized spacial score (nSPS) is 15.6. The second kappa shape index (κ2) is 6.71. The Labute approximate surface area is 123 Å². The topological polar surface area (TPSA) is 126 Å². The third kappa shape index (κ3) is 3.81. The van der Waals surface area contributed by atoms with Crippen molar-refractivity contribution in [2.75, 3.05) is 0 Å². The number of Topliss-reactive ketones (excluding diaryl/α,β-unsaturated/α-hetero) is 1. The number of ketones is 1. The van der Waals surface area contributed by atoms with E-state index in [2.05, 4.69) is 10.0 Å². The van der Waals surface area contributed by atoms with Crippen molar-refractivity contribution in [3.63, 3.8) is 0 Å². The molecule has 0 spiro atoms. The molecule has 1 aromatic rings. The smallest absolute Gasteiger partial charge is 0.202 e. The Hall–Kier alpha value is -1.89. The predicted octanol–water partition coefficient (Wildman–Crippen LogP) is 2.39. The quantitative estimate of drug-likeness (QED) is 0.471. The molecule has 0 saturated heterocycles. The summed E-state index contributed by atoms with van der Waals surface area (Å²) in [7, 11) is -4.04. The fourth-order valence-electron chi connectivity index (χ4n) is 1.74. The van der Waals surface area contributed by atoms with Gasteiger partial charge in [-0.1, -0.05) is 30.2 Å². The molecule has 1 aromatic carbocycles. The molecule has 21 heavy (non-hydrogen) atoms. The van der Waals surface area contributed by atoms with E-state index in [1.54, 1.807) is 25.1 Å². The summed E-state index contributed by atoms with van der Waals surface area (Å²) in [4.78, 5) is 11.7. The molecule has 2 N–H and O–H groups in total. The Morgan fingerprint density at radius 2 is 2.00 bits per heavy atom. The number of azide groups is 1. The number of sulfone groups is 1. The molecule has 8 heteroatoms. The van der Waals surface area contributed by atoms with Gasteiger partial charge in [0, 0.05) is 10.8 Å². The zero-order chi connectivity index (χ0) is 16.1. The number of carbonyl (C=O) groups is 1. The first-order chi connectivity index (χ1) is 9.74. The van der Waals surface area contributed by atoms with Gasteiger partial charge in [0.25, 0.3) is 0 Å². The summed E-state index contributed by atoms with van der Waals surface area (Å²) in [5.74, 6) is -0.428. The van der Waals surface area contributed by atoms with E-state index in [4.69, 9.17) is 11.3 Å². The summed E-state index contributed by atoms with van der Waals surface area (Å²) >= 11 is 0. The summed E-state index contributed by atoms with van der Waals surface area (Å²) in [6.45, 7) is 3.09. The summed E-state index contributed by atoms with van der Waals surface area (Å²) in [6, 6.07) is 7.56. The molecule has 2 unspecified atom stereocenters. The lowest BCUT2D eigenvalue weighted by atomic mass is 10.0. The highest BCUT2D eigenvalue weighted by Gasteiger charge is 2.40. The van der Waals surface area contributed by atoms with E-state index in [1.165, 1.54) is 19.1 Å². The van der Waals surface area contributed by atoms with Gasteiger partial charge >= 0.3 is 0 Å². The first kappa shape index (κ1) is 17.2. The van der Waals surface area contributed by atoms with Crippen LogP contribution in [0.1, 0.15) is 26.7 Å². The summed E-state index contributed by atoms with van der Waals surface area (Å²) < 4.78 is 25.1. The fourth-order valence-corrected chi connectivity index (χ4v) is 3.20. The van der Waals surface area contributed by atoms with E-state index < -0.39 is 14.8 Å². The van der Waals surface area contributed by atoms with Crippen LogP contribution < -0.4 is 5.73 Å². The maximum absolute atomic E-state index is 12.6. The van der Waals surface area contributed by atoms with E-state index in [0.717, 1.165) is 0 Å². The predicted molar refractivity (Wildman–Crippen MR) is 78.8 cm³/mol. The summed E-state index contributed by atoms with van der Waals surface area (Å²) in [6.07, 6.45) is 0.0892. The number of carbonyl (C=O) groups excluding carboxylic acids is 1. The molecule has 0 aliphatic carbocycles. The standard InChI is InChI=1S/C13H18N4O3S/c1-10(11(2)18)8-9-13(14,16-17-15)21(19,20)12-6-4-3-5-7-12/h3-7,10H,8-9,14H2,1-2H3. The molecule has 0 aliphatic heterocycles. The molecule has 7 nitrogen and oxygen atoms in total. The van der Waals surface area contributed by atoms with Crippen LogP contribution in [0.4, 0.5) is 0 Å². The lowest BCUT2D eigenvalue weighted by molar-refractivity contribution is -0.120. The fraction of sp³-hybridized carbons (Fsp3) is 0.462. The van der Waals surface area contributed by atoms with Crippen LogP contribution in [0.3, 0.4) is 0 Å². The second-order valence-corrected chi connectivity index (χ2v) is 7.09. The molecule has 0 saturated carbocycles. The third-order valence-corrected chi connectivity index (χ3v) is 5.47. The Bertz CT molecular complexity index is 653. The lowest BCUT2D eigenvalue weighted by Crippen LogP contribution is -2.46. The molecule has 0 aromatic heterocycles. The molecular weight excluding hydrogens is 292 g/mol. The van der Waals surface area contributed by atoms with Crippen molar-refractivity contribution < 1.29 is 13.2 Å². The Morgan fingerprint density at radius 3 is 2.48 bits per heavy atom. The third-order valence-electron chi connectivity index (χ3n) is 3.36. The summed E-state index contributed by atoms with van der Waals surface area (Å²) in [5, 5.41) is 3.29. The minimum Gasteiger partial charge on any atom is -0.307 e. The first-order valence-electron chi connectivity index (χ1n) is 6.40. The largest absolute Gasteiger partial charge is 0.307 e. The van der Waals surface area contributed by atoms with Crippen molar-refractivity contribution in [3.8, 4) is 0 Å². The van der Waals surface area contributed by atoms with E-state index in [0.29, 0.717) is 0 Å². The molecule has 1 rings (SSSR count). The van der Waals surface area contributed by atoms with Crippen LogP contribution in [0.15, 0.2) is 40.3 Å². The molecule has 0 bridgehead atoms. The minimum absolute atomic E-state index is 0.0182. The minimum atomic E-state index is -4.04. The molecule has 114 valence electrons. The Balaban J connectivity index is 3.16. The van der Waals surface area contributed by atoms with Crippen molar-refractivity contribution in [1.29, 1.82) is 0 Å². The van der Waals surface area contributed by atoms with Crippen LogP contribution in [0.5, 0.6) is 0 Å². The number of benzene rings is 1. The van der Waals surface area contributed by atoms with Gasteiger partial charge in [-0.15, -0.1) is 0 Å².